The van der Waals surface area contributed by atoms with Gasteiger partial charge in [-0.25, -0.2) is 9.97 Å². The third-order valence-corrected chi connectivity index (χ3v) is 6.03. The molecule has 3 nitrogen and oxygen atoms in total. The van der Waals surface area contributed by atoms with Crippen molar-refractivity contribution < 1.29 is 0 Å². The highest BCUT2D eigenvalue weighted by Crippen LogP contribution is 2.41. The Morgan fingerprint density at radius 3 is 2.58 bits per heavy atom. The second kappa shape index (κ2) is 6.99. The van der Waals surface area contributed by atoms with Crippen molar-refractivity contribution in [3.63, 3.8) is 0 Å². The molecule has 0 atom stereocenters. The highest BCUT2D eigenvalue weighted by Gasteiger charge is 2.17. The lowest BCUT2D eigenvalue weighted by Gasteiger charge is -2.11. The number of aryl methyl sites for hydroxylation is 2. The van der Waals surface area contributed by atoms with E-state index < -0.39 is 0 Å². The lowest BCUT2D eigenvalue weighted by atomic mass is 10.0. The first-order valence-electron chi connectivity index (χ1n) is 8.06. The highest BCUT2D eigenvalue weighted by molar-refractivity contribution is 9.10. The van der Waals surface area contributed by atoms with Gasteiger partial charge in [0.2, 0.25) is 0 Å². The summed E-state index contributed by atoms with van der Waals surface area (Å²) < 4.78 is 1.06. The molecule has 0 unspecified atom stereocenters. The predicted molar refractivity (Wildman–Crippen MR) is 115 cm³/mol. The number of nitrogens with zero attached hydrogens (tertiary/aromatic N) is 2. The fourth-order valence-corrected chi connectivity index (χ4v) is 4.41. The van der Waals surface area contributed by atoms with Crippen LogP contribution >= 0.6 is 38.9 Å². The Kier molecular flexibility index (Phi) is 4.69. The summed E-state index contributed by atoms with van der Waals surface area (Å²) in [5, 5.41) is 5.18. The van der Waals surface area contributed by atoms with Crippen molar-refractivity contribution in [3.8, 4) is 11.1 Å². The fraction of sp³-hybridized carbons (Fsp3) is 0.100. The van der Waals surface area contributed by atoms with E-state index in [4.69, 9.17) is 11.6 Å². The zero-order valence-corrected chi connectivity index (χ0v) is 17.3. The van der Waals surface area contributed by atoms with E-state index >= 15 is 0 Å². The van der Waals surface area contributed by atoms with E-state index in [-0.39, 0.29) is 0 Å². The minimum Gasteiger partial charge on any atom is -0.339 e. The van der Waals surface area contributed by atoms with Crippen LogP contribution in [0.5, 0.6) is 0 Å². The van der Waals surface area contributed by atoms with Crippen molar-refractivity contribution in [1.82, 2.24) is 9.97 Å². The van der Waals surface area contributed by atoms with Crippen LogP contribution in [-0.2, 0) is 0 Å². The Labute approximate surface area is 169 Å². The molecule has 0 saturated heterocycles. The average Bonchev–Trinajstić information content (AvgIpc) is 2.96. The Bertz CT molecular complexity index is 1110. The summed E-state index contributed by atoms with van der Waals surface area (Å²) in [7, 11) is 0. The van der Waals surface area contributed by atoms with Gasteiger partial charge in [0.1, 0.15) is 17.0 Å². The van der Waals surface area contributed by atoms with E-state index in [0.717, 1.165) is 37.3 Å². The zero-order chi connectivity index (χ0) is 18.3. The van der Waals surface area contributed by atoms with Crippen LogP contribution < -0.4 is 5.32 Å². The topological polar surface area (TPSA) is 37.8 Å². The molecule has 26 heavy (non-hydrogen) atoms. The van der Waals surface area contributed by atoms with Gasteiger partial charge in [-0.3, -0.25) is 0 Å². The quantitative estimate of drug-likeness (QED) is 0.365. The van der Waals surface area contributed by atoms with Gasteiger partial charge in [0.05, 0.1) is 5.39 Å². The molecule has 0 bridgehead atoms. The Balaban J connectivity index is 1.90. The summed E-state index contributed by atoms with van der Waals surface area (Å²) in [4.78, 5) is 11.2. The number of anilines is 2. The Morgan fingerprint density at radius 1 is 1.04 bits per heavy atom. The minimum absolute atomic E-state index is 0.693. The van der Waals surface area contributed by atoms with Crippen LogP contribution in [0, 0.1) is 13.8 Å². The zero-order valence-electron chi connectivity index (χ0n) is 14.2. The SMILES string of the molecule is Cc1ccc(Cl)cc1Nc1ncnc2sc(C)c(-c3ccc(Br)cc3)c12. The van der Waals surface area contributed by atoms with Crippen LogP contribution in [0.25, 0.3) is 21.3 Å². The second-order valence-corrected chi connectivity index (χ2v) is 8.58. The Morgan fingerprint density at radius 2 is 1.81 bits per heavy atom. The molecule has 0 radical (unpaired) electrons. The molecule has 0 aliphatic rings. The van der Waals surface area contributed by atoms with Crippen molar-refractivity contribution in [2.75, 3.05) is 5.32 Å². The van der Waals surface area contributed by atoms with E-state index in [9.17, 15) is 0 Å². The first kappa shape index (κ1) is 17.5. The lowest BCUT2D eigenvalue weighted by molar-refractivity contribution is 1.23. The van der Waals surface area contributed by atoms with E-state index in [0.29, 0.717) is 5.02 Å². The van der Waals surface area contributed by atoms with Gasteiger partial charge in [0.25, 0.3) is 0 Å². The molecule has 130 valence electrons. The number of thiophene rings is 1. The van der Waals surface area contributed by atoms with Crippen LogP contribution in [0.1, 0.15) is 10.4 Å². The summed E-state index contributed by atoms with van der Waals surface area (Å²) in [5.41, 5.74) is 4.37. The largest absolute Gasteiger partial charge is 0.339 e. The van der Waals surface area contributed by atoms with Gasteiger partial charge >= 0.3 is 0 Å². The van der Waals surface area contributed by atoms with Crippen LogP contribution in [0.4, 0.5) is 11.5 Å². The molecule has 0 fully saturated rings. The number of aromatic nitrogens is 2. The number of hydrogen-bond donors (Lipinski definition) is 1. The minimum atomic E-state index is 0.693. The molecule has 2 aromatic heterocycles. The smallest absolute Gasteiger partial charge is 0.143 e. The van der Waals surface area contributed by atoms with Crippen molar-refractivity contribution >= 4 is 60.6 Å². The van der Waals surface area contributed by atoms with E-state index in [1.165, 1.54) is 10.4 Å². The molecular weight excluding hydrogens is 430 g/mol. The van der Waals surface area contributed by atoms with Crippen molar-refractivity contribution in [1.29, 1.82) is 0 Å². The summed E-state index contributed by atoms with van der Waals surface area (Å²) >= 11 is 11.4. The monoisotopic (exact) mass is 443 g/mol. The van der Waals surface area contributed by atoms with Gasteiger partial charge in [0, 0.05) is 25.6 Å². The maximum Gasteiger partial charge on any atom is 0.143 e. The molecule has 2 aromatic carbocycles. The van der Waals surface area contributed by atoms with Crippen LogP contribution in [-0.4, -0.2) is 9.97 Å². The standard InChI is InChI=1S/C20H15BrClN3S/c1-11-3-8-15(22)9-16(11)25-19-18-17(13-4-6-14(21)7-5-13)12(2)26-20(18)24-10-23-19/h3-10H,1-2H3,(H,23,24,25). The highest BCUT2D eigenvalue weighted by atomic mass is 79.9. The molecule has 0 amide bonds. The van der Waals surface area contributed by atoms with Gasteiger partial charge in [-0.2, -0.15) is 0 Å². The summed E-state index contributed by atoms with van der Waals surface area (Å²) in [6.45, 7) is 4.17. The van der Waals surface area contributed by atoms with E-state index in [2.05, 4.69) is 62.4 Å². The van der Waals surface area contributed by atoms with Gasteiger partial charge in [-0.15, -0.1) is 11.3 Å². The molecule has 1 N–H and O–H groups in total. The number of rotatable bonds is 3. The first-order valence-corrected chi connectivity index (χ1v) is 10.0. The molecule has 0 aliphatic carbocycles. The van der Waals surface area contributed by atoms with Crippen LogP contribution in [0.2, 0.25) is 5.02 Å². The molecule has 4 rings (SSSR count). The molecule has 0 saturated carbocycles. The van der Waals surface area contributed by atoms with Gasteiger partial charge < -0.3 is 5.32 Å². The van der Waals surface area contributed by atoms with Crippen molar-refractivity contribution in [2.45, 2.75) is 13.8 Å². The molecule has 6 heteroatoms. The second-order valence-electron chi connectivity index (χ2n) is 6.03. The predicted octanol–water partition coefficient (Wildman–Crippen LogP) is 7.13. The van der Waals surface area contributed by atoms with Crippen molar-refractivity contribution in [2.24, 2.45) is 0 Å². The summed E-state index contributed by atoms with van der Waals surface area (Å²) in [5.74, 6) is 0.794. The van der Waals surface area contributed by atoms with E-state index in [1.807, 2.05) is 25.1 Å². The van der Waals surface area contributed by atoms with Gasteiger partial charge in [0.15, 0.2) is 0 Å². The third kappa shape index (κ3) is 3.22. The maximum absolute atomic E-state index is 6.17. The number of hydrogen-bond acceptors (Lipinski definition) is 4. The Hall–Kier alpha value is -1.95. The van der Waals surface area contributed by atoms with Crippen LogP contribution in [0.3, 0.4) is 0 Å². The third-order valence-electron chi connectivity index (χ3n) is 4.25. The van der Waals surface area contributed by atoms with E-state index in [1.54, 1.807) is 17.7 Å². The summed E-state index contributed by atoms with van der Waals surface area (Å²) in [6, 6.07) is 14.1. The number of fused-ring (bicyclic) bond motifs is 1. The number of benzene rings is 2. The molecule has 0 aliphatic heterocycles. The van der Waals surface area contributed by atoms with Crippen molar-refractivity contribution in [3.05, 3.63) is 68.7 Å². The number of halogens is 2. The molecule has 4 aromatic rings. The normalized spacial score (nSPS) is 11.1. The number of nitrogens with one attached hydrogen (secondary N) is 1. The molecule has 2 heterocycles. The summed E-state index contributed by atoms with van der Waals surface area (Å²) in [6.07, 6.45) is 1.60. The molecule has 0 spiro atoms. The molecular formula is C20H15BrClN3S. The first-order chi connectivity index (χ1) is 12.5. The average molecular weight is 445 g/mol. The van der Waals surface area contributed by atoms with Gasteiger partial charge in [-0.1, -0.05) is 45.7 Å². The maximum atomic E-state index is 6.17. The van der Waals surface area contributed by atoms with Crippen LogP contribution in [0.15, 0.2) is 53.3 Å². The lowest BCUT2D eigenvalue weighted by Crippen LogP contribution is -1.97. The fourth-order valence-electron chi connectivity index (χ4n) is 2.96. The van der Waals surface area contributed by atoms with Gasteiger partial charge in [-0.05, 0) is 49.2 Å².